The first-order valence-corrected chi connectivity index (χ1v) is 9.14. The number of rotatable bonds is 6. The highest BCUT2D eigenvalue weighted by molar-refractivity contribution is 14.0. The van der Waals surface area contributed by atoms with E-state index in [4.69, 9.17) is 10.5 Å². The van der Waals surface area contributed by atoms with Crippen molar-refractivity contribution in [2.75, 3.05) is 19.0 Å². The number of nitrogens with one attached hydrogen (secondary N) is 1. The summed E-state index contributed by atoms with van der Waals surface area (Å²) in [6.07, 6.45) is 3.24. The Bertz CT molecular complexity index is 803. The lowest BCUT2D eigenvalue weighted by Gasteiger charge is -2.28. The van der Waals surface area contributed by atoms with Crippen LogP contribution in [0, 0.1) is 11.6 Å². The molecule has 0 heterocycles. The van der Waals surface area contributed by atoms with Crippen LogP contribution in [0.4, 0.5) is 14.5 Å². The van der Waals surface area contributed by atoms with E-state index in [-0.39, 0.29) is 42.0 Å². The molecule has 1 aliphatic carbocycles. The Labute approximate surface area is 181 Å². The highest BCUT2D eigenvalue weighted by Crippen LogP contribution is 2.43. The van der Waals surface area contributed by atoms with Crippen molar-refractivity contribution in [2.24, 2.45) is 10.7 Å². The van der Waals surface area contributed by atoms with Crippen LogP contribution in [-0.4, -0.2) is 19.6 Å². The molecule has 4 nitrogen and oxygen atoms in total. The third-order valence-electron chi connectivity index (χ3n) is 5.19. The molecule has 0 radical (unpaired) electrons. The monoisotopic (exact) mass is 501 g/mol. The van der Waals surface area contributed by atoms with Gasteiger partial charge >= 0.3 is 0 Å². The van der Waals surface area contributed by atoms with Crippen LogP contribution in [0.1, 0.15) is 36.8 Å². The maximum Gasteiger partial charge on any atom is 0.193 e. The number of guanidine groups is 1. The molecule has 7 heteroatoms. The molecule has 3 rings (SSSR count). The van der Waals surface area contributed by atoms with Crippen molar-refractivity contribution in [1.82, 2.24) is 0 Å². The van der Waals surface area contributed by atoms with Gasteiger partial charge < -0.3 is 15.8 Å². The number of para-hydroxylation sites is 1. The summed E-state index contributed by atoms with van der Waals surface area (Å²) in [7, 11) is 1.63. The normalized spacial score (nSPS) is 15.9. The van der Waals surface area contributed by atoms with Gasteiger partial charge in [-0.15, -0.1) is 24.0 Å². The number of hydrogen-bond donors (Lipinski definition) is 2. The number of anilines is 1. The van der Waals surface area contributed by atoms with E-state index in [0.29, 0.717) is 19.4 Å². The number of benzene rings is 2. The van der Waals surface area contributed by atoms with Gasteiger partial charge in [-0.1, -0.05) is 37.1 Å². The molecule has 0 bridgehead atoms. The number of ether oxygens (including phenoxy) is 1. The Morgan fingerprint density at radius 3 is 2.39 bits per heavy atom. The summed E-state index contributed by atoms with van der Waals surface area (Å²) < 4.78 is 34.0. The Morgan fingerprint density at radius 2 is 1.75 bits per heavy atom. The lowest BCUT2D eigenvalue weighted by molar-refractivity contribution is 0.185. The van der Waals surface area contributed by atoms with E-state index in [0.717, 1.165) is 24.1 Å². The minimum absolute atomic E-state index is 0. The number of halogens is 3. The molecule has 1 saturated carbocycles. The first kappa shape index (κ1) is 22.5. The average Bonchev–Trinajstić information content (AvgIpc) is 3.11. The molecule has 28 heavy (non-hydrogen) atoms. The fourth-order valence-electron chi connectivity index (χ4n) is 3.88. The summed E-state index contributed by atoms with van der Waals surface area (Å²) in [6.45, 7) is 0.691. The van der Waals surface area contributed by atoms with Crippen molar-refractivity contribution in [3.05, 3.63) is 65.2 Å². The van der Waals surface area contributed by atoms with Gasteiger partial charge in [-0.2, -0.15) is 0 Å². The molecule has 0 aromatic heterocycles. The van der Waals surface area contributed by atoms with Gasteiger partial charge in [0.1, 0.15) is 11.6 Å². The lowest BCUT2D eigenvalue weighted by Crippen LogP contribution is -2.32. The maximum absolute atomic E-state index is 14.4. The summed E-state index contributed by atoms with van der Waals surface area (Å²) in [5.41, 5.74) is 7.32. The Morgan fingerprint density at radius 1 is 1.11 bits per heavy atom. The topological polar surface area (TPSA) is 59.6 Å². The van der Waals surface area contributed by atoms with Crippen molar-refractivity contribution in [3.8, 4) is 0 Å². The van der Waals surface area contributed by atoms with Gasteiger partial charge in [0.2, 0.25) is 0 Å². The lowest BCUT2D eigenvalue weighted by atomic mass is 9.78. The van der Waals surface area contributed by atoms with E-state index in [1.165, 1.54) is 18.2 Å². The molecule has 0 aliphatic heterocycles. The predicted molar refractivity (Wildman–Crippen MR) is 119 cm³/mol. The number of nitrogens with two attached hydrogens (primary N) is 1. The summed E-state index contributed by atoms with van der Waals surface area (Å²) in [6, 6.07) is 11.6. The maximum atomic E-state index is 14.4. The molecule has 0 unspecified atom stereocenters. The fraction of sp³-hybridized carbons (Fsp3) is 0.381. The first-order chi connectivity index (χ1) is 13.1. The van der Waals surface area contributed by atoms with Crippen LogP contribution in [-0.2, 0) is 16.8 Å². The van der Waals surface area contributed by atoms with Crippen molar-refractivity contribution in [1.29, 1.82) is 0 Å². The molecular formula is C21H26F2IN3O. The number of nitrogens with zero attached hydrogens (tertiary/aromatic N) is 1. The van der Waals surface area contributed by atoms with Crippen molar-refractivity contribution in [2.45, 2.75) is 37.7 Å². The van der Waals surface area contributed by atoms with Crippen LogP contribution in [0.15, 0.2) is 47.5 Å². The second kappa shape index (κ2) is 10.2. The zero-order valence-corrected chi connectivity index (χ0v) is 18.2. The second-order valence-corrected chi connectivity index (χ2v) is 7.00. The van der Waals surface area contributed by atoms with Crippen molar-refractivity contribution >= 4 is 35.6 Å². The molecule has 1 aliphatic rings. The van der Waals surface area contributed by atoms with Crippen LogP contribution >= 0.6 is 24.0 Å². The van der Waals surface area contributed by atoms with E-state index in [1.54, 1.807) is 7.11 Å². The van der Waals surface area contributed by atoms with Crippen LogP contribution < -0.4 is 11.1 Å². The van der Waals surface area contributed by atoms with Gasteiger partial charge in [0.25, 0.3) is 0 Å². The van der Waals surface area contributed by atoms with Crippen LogP contribution in [0.5, 0.6) is 0 Å². The number of methoxy groups -OCH3 is 1. The molecule has 1 fully saturated rings. The highest BCUT2D eigenvalue weighted by Gasteiger charge is 2.39. The molecule has 152 valence electrons. The second-order valence-electron chi connectivity index (χ2n) is 7.00. The van der Waals surface area contributed by atoms with Gasteiger partial charge in [0, 0.05) is 29.3 Å². The molecule has 0 atom stereocenters. The molecule has 0 saturated heterocycles. The molecule has 0 spiro atoms. The molecule has 2 aromatic rings. The minimum Gasteiger partial charge on any atom is -0.380 e. The number of hydrogen-bond acceptors (Lipinski definition) is 2. The fourth-order valence-corrected chi connectivity index (χ4v) is 3.88. The summed E-state index contributed by atoms with van der Waals surface area (Å²) in [5.74, 6) is -0.797. The number of aliphatic imine (C=N–C) groups is 1. The Hall–Kier alpha value is -1.74. The third-order valence-corrected chi connectivity index (χ3v) is 5.19. The SMILES string of the molecule is COCc1ccccc1NC(N)=NCC1(c2c(F)cccc2F)CCCC1.I. The Balaban J connectivity index is 0.00000280. The van der Waals surface area contributed by atoms with E-state index in [1.807, 2.05) is 24.3 Å². The zero-order valence-electron chi connectivity index (χ0n) is 15.9. The summed E-state index contributed by atoms with van der Waals surface area (Å²) in [4.78, 5) is 4.44. The van der Waals surface area contributed by atoms with Crippen LogP contribution in [0.2, 0.25) is 0 Å². The zero-order chi connectivity index (χ0) is 19.3. The average molecular weight is 501 g/mol. The van der Waals surface area contributed by atoms with Gasteiger partial charge in [-0.3, -0.25) is 4.99 Å². The Kier molecular flexibility index (Phi) is 8.18. The highest BCUT2D eigenvalue weighted by atomic mass is 127. The predicted octanol–water partition coefficient (Wildman–Crippen LogP) is 4.97. The van der Waals surface area contributed by atoms with Gasteiger partial charge in [-0.25, -0.2) is 8.78 Å². The van der Waals surface area contributed by atoms with E-state index in [2.05, 4.69) is 10.3 Å². The van der Waals surface area contributed by atoms with Crippen LogP contribution in [0.25, 0.3) is 0 Å². The smallest absolute Gasteiger partial charge is 0.193 e. The third kappa shape index (κ3) is 5.00. The van der Waals surface area contributed by atoms with Gasteiger partial charge in [0.15, 0.2) is 5.96 Å². The molecular weight excluding hydrogens is 475 g/mol. The molecule has 0 amide bonds. The van der Waals surface area contributed by atoms with E-state index in [9.17, 15) is 8.78 Å². The molecule has 3 N–H and O–H groups in total. The van der Waals surface area contributed by atoms with Crippen molar-refractivity contribution in [3.63, 3.8) is 0 Å². The quantitative estimate of drug-likeness (QED) is 0.334. The first-order valence-electron chi connectivity index (χ1n) is 9.14. The van der Waals surface area contributed by atoms with Crippen LogP contribution in [0.3, 0.4) is 0 Å². The summed E-state index contributed by atoms with van der Waals surface area (Å²) in [5, 5.41) is 3.08. The van der Waals surface area contributed by atoms with Crippen molar-refractivity contribution < 1.29 is 13.5 Å². The standard InChI is InChI=1S/C21H25F2N3O.HI/c1-27-13-15-7-2-3-10-18(15)26-20(24)25-14-21(11-4-5-12-21)19-16(22)8-6-9-17(19)23;/h2-3,6-10H,4-5,11-14H2,1H3,(H3,24,25,26);1H. The van der Waals surface area contributed by atoms with Gasteiger partial charge in [-0.05, 0) is 31.0 Å². The largest absolute Gasteiger partial charge is 0.380 e. The van der Waals surface area contributed by atoms with E-state index >= 15 is 0 Å². The van der Waals surface area contributed by atoms with E-state index < -0.39 is 17.0 Å². The molecule has 2 aromatic carbocycles. The minimum atomic E-state index is -0.645. The van der Waals surface area contributed by atoms with Gasteiger partial charge in [0.05, 0.1) is 13.2 Å². The summed E-state index contributed by atoms with van der Waals surface area (Å²) >= 11 is 0.